The molecule has 0 unspecified atom stereocenters. The molecular weight excluding hydrogens is 500 g/mol. The average molecular weight is 555 g/mol. The number of esters is 1. The van der Waals surface area contributed by atoms with Gasteiger partial charge in [-0.15, -0.1) is 0 Å². The molecule has 226 valence electrons. The van der Waals surface area contributed by atoms with Gasteiger partial charge in [0.2, 0.25) is 0 Å². The molecule has 0 aliphatic heterocycles. The van der Waals surface area contributed by atoms with Gasteiger partial charge in [-0.05, 0) is 18.6 Å². The highest BCUT2D eigenvalue weighted by atomic mass is 16.6. The number of ether oxygens (including phenoxy) is 7. The number of carbonyl (C=O) groups is 1. The summed E-state index contributed by atoms with van der Waals surface area (Å²) in [5, 5.41) is 0. The SMILES string of the molecule is CCCCCCCCCCCCOCCOCCOCCOCCOCCOCCOC(=O)c1ccccc1. The van der Waals surface area contributed by atoms with Crippen molar-refractivity contribution in [2.24, 2.45) is 0 Å². The van der Waals surface area contributed by atoms with E-state index in [9.17, 15) is 4.79 Å². The summed E-state index contributed by atoms with van der Waals surface area (Å²) in [4.78, 5) is 11.8. The molecule has 0 saturated heterocycles. The van der Waals surface area contributed by atoms with Crippen LogP contribution < -0.4 is 0 Å². The Morgan fingerprint density at radius 1 is 0.462 bits per heavy atom. The highest BCUT2D eigenvalue weighted by Gasteiger charge is 2.05. The second kappa shape index (κ2) is 29.4. The fourth-order valence-electron chi connectivity index (χ4n) is 3.74. The van der Waals surface area contributed by atoms with Crippen LogP contribution in [0.25, 0.3) is 0 Å². The quantitative estimate of drug-likeness (QED) is 0.0864. The number of carbonyl (C=O) groups excluding carboxylic acids is 1. The summed E-state index contributed by atoms with van der Waals surface area (Å²) >= 11 is 0. The Morgan fingerprint density at radius 3 is 1.26 bits per heavy atom. The van der Waals surface area contributed by atoms with E-state index < -0.39 is 0 Å². The largest absolute Gasteiger partial charge is 0.460 e. The fraction of sp³-hybridized carbons (Fsp3) is 0.774. The van der Waals surface area contributed by atoms with Crippen LogP contribution in [-0.2, 0) is 33.2 Å². The minimum absolute atomic E-state index is 0.217. The molecule has 0 aliphatic carbocycles. The molecule has 0 aromatic heterocycles. The number of hydrogen-bond donors (Lipinski definition) is 0. The molecule has 1 rings (SSSR count). The molecule has 39 heavy (non-hydrogen) atoms. The first kappa shape index (κ1) is 35.5. The monoisotopic (exact) mass is 554 g/mol. The van der Waals surface area contributed by atoms with Crippen LogP contribution in [0.3, 0.4) is 0 Å². The van der Waals surface area contributed by atoms with Crippen LogP contribution >= 0.6 is 0 Å². The third-order valence-electron chi connectivity index (χ3n) is 5.97. The molecular formula is C31H54O8. The normalized spacial score (nSPS) is 11.2. The minimum atomic E-state index is -0.344. The van der Waals surface area contributed by atoms with Gasteiger partial charge in [0, 0.05) is 6.61 Å². The van der Waals surface area contributed by atoms with Gasteiger partial charge in [-0.2, -0.15) is 0 Å². The lowest BCUT2D eigenvalue weighted by molar-refractivity contribution is -0.0194. The summed E-state index contributed by atoms with van der Waals surface area (Å²) in [5.41, 5.74) is 0.537. The first-order chi connectivity index (χ1) is 19.3. The molecule has 0 atom stereocenters. The Labute approximate surface area is 237 Å². The van der Waals surface area contributed by atoms with Gasteiger partial charge in [0.25, 0.3) is 0 Å². The minimum Gasteiger partial charge on any atom is -0.460 e. The van der Waals surface area contributed by atoms with Gasteiger partial charge >= 0.3 is 5.97 Å². The maximum atomic E-state index is 11.8. The summed E-state index contributed by atoms with van der Waals surface area (Å²) in [6, 6.07) is 8.89. The zero-order valence-corrected chi connectivity index (χ0v) is 24.4. The van der Waals surface area contributed by atoms with Crippen molar-refractivity contribution in [3.8, 4) is 0 Å². The van der Waals surface area contributed by atoms with Crippen molar-refractivity contribution >= 4 is 5.97 Å². The van der Waals surface area contributed by atoms with Crippen LogP contribution in [0, 0.1) is 0 Å². The van der Waals surface area contributed by atoms with Crippen LogP contribution in [0.1, 0.15) is 81.5 Å². The molecule has 0 spiro atoms. The van der Waals surface area contributed by atoms with E-state index in [4.69, 9.17) is 33.2 Å². The molecule has 0 N–H and O–H groups in total. The first-order valence-electron chi connectivity index (χ1n) is 15.0. The van der Waals surface area contributed by atoms with Crippen LogP contribution in [0.15, 0.2) is 30.3 Å². The maximum Gasteiger partial charge on any atom is 0.338 e. The van der Waals surface area contributed by atoms with E-state index in [0.717, 1.165) is 13.0 Å². The number of rotatable bonds is 30. The fourth-order valence-corrected chi connectivity index (χ4v) is 3.74. The van der Waals surface area contributed by atoms with Crippen LogP contribution in [0.4, 0.5) is 0 Å². The average Bonchev–Trinajstić information content (AvgIpc) is 2.96. The highest BCUT2D eigenvalue weighted by molar-refractivity contribution is 5.89. The van der Waals surface area contributed by atoms with Crippen molar-refractivity contribution < 1.29 is 38.0 Å². The van der Waals surface area contributed by atoms with Crippen LogP contribution in [0.2, 0.25) is 0 Å². The Morgan fingerprint density at radius 2 is 0.821 bits per heavy atom. The predicted octanol–water partition coefficient (Wildman–Crippen LogP) is 5.86. The number of hydrogen-bond acceptors (Lipinski definition) is 8. The zero-order chi connectivity index (χ0) is 27.9. The van der Waals surface area contributed by atoms with E-state index in [1.54, 1.807) is 24.3 Å². The maximum absolute atomic E-state index is 11.8. The van der Waals surface area contributed by atoms with Crippen molar-refractivity contribution in [3.63, 3.8) is 0 Å². The van der Waals surface area contributed by atoms with E-state index in [-0.39, 0.29) is 12.6 Å². The molecule has 0 bridgehead atoms. The number of benzene rings is 1. The zero-order valence-electron chi connectivity index (χ0n) is 24.4. The molecule has 0 radical (unpaired) electrons. The molecule has 1 aromatic rings. The van der Waals surface area contributed by atoms with E-state index in [2.05, 4.69) is 6.92 Å². The summed E-state index contributed by atoms with van der Waals surface area (Å²) < 4.78 is 38.1. The first-order valence-corrected chi connectivity index (χ1v) is 15.0. The molecule has 8 nitrogen and oxygen atoms in total. The molecule has 1 aromatic carbocycles. The van der Waals surface area contributed by atoms with Crippen molar-refractivity contribution in [3.05, 3.63) is 35.9 Å². The van der Waals surface area contributed by atoms with Gasteiger partial charge in [0.1, 0.15) is 6.61 Å². The molecule has 0 heterocycles. The van der Waals surface area contributed by atoms with Gasteiger partial charge in [-0.25, -0.2) is 4.79 Å². The van der Waals surface area contributed by atoms with Gasteiger partial charge in [0.05, 0.1) is 78.2 Å². The standard InChI is InChI=1S/C31H54O8/c1-2-3-4-5-6-7-8-9-10-14-17-33-18-19-34-20-21-35-22-23-36-24-25-37-26-27-38-28-29-39-31(32)30-15-12-11-13-16-30/h11-13,15-16H,2-10,14,17-29H2,1H3. The van der Waals surface area contributed by atoms with Gasteiger partial charge in [-0.1, -0.05) is 82.9 Å². The molecule has 0 aliphatic rings. The van der Waals surface area contributed by atoms with E-state index in [1.807, 2.05) is 6.07 Å². The number of unbranched alkanes of at least 4 members (excludes halogenated alkanes) is 9. The smallest absolute Gasteiger partial charge is 0.338 e. The summed E-state index contributed by atoms with van der Waals surface area (Å²) in [6.07, 6.45) is 13.4. The van der Waals surface area contributed by atoms with E-state index in [1.165, 1.54) is 57.8 Å². The van der Waals surface area contributed by atoms with Crippen molar-refractivity contribution in [2.45, 2.75) is 71.1 Å². The second-order valence-corrected chi connectivity index (χ2v) is 9.36. The molecule has 0 saturated carbocycles. The summed E-state index contributed by atoms with van der Waals surface area (Å²) in [7, 11) is 0. The Balaban J connectivity index is 1.65. The van der Waals surface area contributed by atoms with Crippen LogP contribution in [0.5, 0.6) is 0 Å². The van der Waals surface area contributed by atoms with Crippen molar-refractivity contribution in [2.75, 3.05) is 85.9 Å². The lowest BCUT2D eigenvalue weighted by Crippen LogP contribution is -2.15. The van der Waals surface area contributed by atoms with E-state index >= 15 is 0 Å². The lowest BCUT2D eigenvalue weighted by Gasteiger charge is -2.08. The van der Waals surface area contributed by atoms with E-state index in [0.29, 0.717) is 78.2 Å². The Hall–Kier alpha value is -1.55. The Bertz CT molecular complexity index is 628. The Kier molecular flexibility index (Phi) is 26.8. The van der Waals surface area contributed by atoms with Crippen LogP contribution in [-0.4, -0.2) is 91.9 Å². The van der Waals surface area contributed by atoms with Crippen molar-refractivity contribution in [1.29, 1.82) is 0 Å². The second-order valence-electron chi connectivity index (χ2n) is 9.36. The molecule has 8 heteroatoms. The van der Waals surface area contributed by atoms with Gasteiger partial charge in [-0.3, -0.25) is 0 Å². The topological polar surface area (TPSA) is 81.7 Å². The van der Waals surface area contributed by atoms with Gasteiger partial charge < -0.3 is 33.2 Å². The summed E-state index contributed by atoms with van der Waals surface area (Å²) in [5.74, 6) is -0.344. The third-order valence-corrected chi connectivity index (χ3v) is 5.97. The molecule has 0 fully saturated rings. The third kappa shape index (κ3) is 25.2. The van der Waals surface area contributed by atoms with Crippen molar-refractivity contribution in [1.82, 2.24) is 0 Å². The summed E-state index contributed by atoms with van der Waals surface area (Å²) in [6.45, 7) is 8.98. The molecule has 0 amide bonds. The highest BCUT2D eigenvalue weighted by Crippen LogP contribution is 2.10. The van der Waals surface area contributed by atoms with Gasteiger partial charge in [0.15, 0.2) is 0 Å². The lowest BCUT2D eigenvalue weighted by atomic mass is 10.1. The predicted molar refractivity (Wildman–Crippen MR) is 153 cm³/mol.